The molecule has 0 bridgehead atoms. The molecule has 0 spiro atoms. The van der Waals surface area contributed by atoms with Gasteiger partial charge in [-0.05, 0) is 70.3 Å². The second-order valence-corrected chi connectivity index (χ2v) is 7.42. The summed E-state index contributed by atoms with van der Waals surface area (Å²) in [6, 6.07) is 20.2. The minimum Gasteiger partial charge on any atom is -0.331 e. The molecule has 3 aromatic rings. The molecule has 148 valence electrons. The molecule has 0 atom stereocenters. The van der Waals surface area contributed by atoms with Crippen LogP contribution in [0, 0.1) is 6.92 Å². The minimum atomic E-state index is 0.333. The van der Waals surface area contributed by atoms with Crippen LogP contribution in [0.2, 0.25) is 0 Å². The van der Waals surface area contributed by atoms with Crippen LogP contribution in [0.5, 0.6) is 0 Å². The van der Waals surface area contributed by atoms with Crippen LogP contribution in [0.4, 0.5) is 0 Å². The maximum Gasteiger partial charge on any atom is -0.00179 e. The lowest BCUT2D eigenvalue weighted by Gasteiger charge is -2.13. The predicted octanol–water partition coefficient (Wildman–Crippen LogP) is 4.49. The predicted molar refractivity (Wildman–Crippen MR) is 126 cm³/mol. The Morgan fingerprint density at radius 3 is 2.25 bits per heavy atom. The number of nitrogens with two attached hydrogens (primary N) is 2. The first-order chi connectivity index (χ1) is 13.5. The lowest BCUT2D eigenvalue weighted by atomic mass is 9.91. The summed E-state index contributed by atoms with van der Waals surface area (Å²) >= 11 is 0. The molecule has 1 aliphatic rings. The Kier molecular flexibility index (Phi) is 8.43. The van der Waals surface area contributed by atoms with E-state index in [2.05, 4.69) is 73.7 Å². The van der Waals surface area contributed by atoms with Crippen molar-refractivity contribution in [1.82, 2.24) is 0 Å². The zero-order valence-corrected chi connectivity index (χ0v) is 17.7. The van der Waals surface area contributed by atoms with Crippen molar-refractivity contribution in [1.29, 1.82) is 0 Å². The Morgan fingerprint density at radius 2 is 1.54 bits per heavy atom. The topological polar surface area (TPSA) is 52.0 Å². The van der Waals surface area contributed by atoms with Gasteiger partial charge in [0, 0.05) is 0 Å². The van der Waals surface area contributed by atoms with E-state index in [9.17, 15) is 0 Å². The van der Waals surface area contributed by atoms with Gasteiger partial charge >= 0.3 is 0 Å². The molecule has 2 heteroatoms. The van der Waals surface area contributed by atoms with E-state index in [0.29, 0.717) is 6.04 Å². The lowest BCUT2D eigenvalue weighted by molar-refractivity contribution is 0.834. The van der Waals surface area contributed by atoms with Gasteiger partial charge in [0.05, 0.1) is 0 Å². The molecule has 0 radical (unpaired) electrons. The Bertz CT molecular complexity index is 1010. The van der Waals surface area contributed by atoms with Crippen LogP contribution in [0.15, 0.2) is 54.6 Å². The Balaban J connectivity index is 0.000000351. The highest BCUT2D eigenvalue weighted by molar-refractivity contribution is 5.98. The van der Waals surface area contributed by atoms with Crippen LogP contribution in [-0.4, -0.2) is 12.6 Å². The molecule has 0 aromatic heterocycles. The number of fused-ring (bicyclic) bond motifs is 2. The number of hydrogen-bond donors (Lipinski definition) is 2. The van der Waals surface area contributed by atoms with Crippen molar-refractivity contribution in [2.45, 2.75) is 46.6 Å². The SMILES string of the molecule is CC(C)N.CCN.Cc1ccc2ccccc2c1-c1cccc2c1=CCCC=2. The molecular formula is C26H34N2. The summed E-state index contributed by atoms with van der Waals surface area (Å²) in [7, 11) is 0. The standard InChI is InChI=1S/C21H18.C3H9N.C2H7N/c1-15-13-14-17-8-3-5-11-19(17)21(15)20-12-6-9-16-7-2-4-10-18(16)20;1-3(2)4;1-2-3/h3,5-14H,2,4H2,1H3;3H,4H2,1-2H3;2-3H2,1H3. The summed E-state index contributed by atoms with van der Waals surface area (Å²) in [5.41, 5.74) is 14.1. The fourth-order valence-corrected chi connectivity index (χ4v) is 3.41. The van der Waals surface area contributed by atoms with Crippen molar-refractivity contribution in [2.75, 3.05) is 6.54 Å². The molecule has 3 aromatic carbocycles. The first-order valence-electron chi connectivity index (χ1n) is 10.2. The van der Waals surface area contributed by atoms with Gasteiger partial charge in [-0.1, -0.05) is 87.5 Å². The van der Waals surface area contributed by atoms with Crippen molar-refractivity contribution in [3.8, 4) is 11.1 Å². The number of hydrogen-bond acceptors (Lipinski definition) is 2. The highest BCUT2D eigenvalue weighted by Crippen LogP contribution is 2.29. The first kappa shape index (κ1) is 21.9. The highest BCUT2D eigenvalue weighted by Gasteiger charge is 2.09. The number of rotatable bonds is 1. The average Bonchev–Trinajstić information content (AvgIpc) is 2.68. The second kappa shape index (κ2) is 10.8. The largest absolute Gasteiger partial charge is 0.331 e. The second-order valence-electron chi connectivity index (χ2n) is 7.42. The monoisotopic (exact) mass is 374 g/mol. The summed E-state index contributed by atoms with van der Waals surface area (Å²) in [6.07, 6.45) is 7.06. The molecular weight excluding hydrogens is 340 g/mol. The fraction of sp³-hybridized carbons (Fsp3) is 0.308. The third-order valence-corrected chi connectivity index (χ3v) is 4.43. The van der Waals surface area contributed by atoms with Gasteiger partial charge in [-0.25, -0.2) is 0 Å². The van der Waals surface area contributed by atoms with E-state index in [-0.39, 0.29) is 0 Å². The van der Waals surface area contributed by atoms with Crippen molar-refractivity contribution >= 4 is 22.9 Å². The first-order valence-corrected chi connectivity index (χ1v) is 10.2. The lowest BCUT2D eigenvalue weighted by Crippen LogP contribution is -2.28. The minimum absolute atomic E-state index is 0.333. The fourth-order valence-electron chi connectivity index (χ4n) is 3.41. The molecule has 0 aliphatic heterocycles. The smallest absolute Gasteiger partial charge is 0.00179 e. The van der Waals surface area contributed by atoms with Crippen LogP contribution in [0.3, 0.4) is 0 Å². The molecule has 0 heterocycles. The van der Waals surface area contributed by atoms with Gasteiger partial charge in [-0.15, -0.1) is 0 Å². The van der Waals surface area contributed by atoms with Crippen LogP contribution in [0.25, 0.3) is 34.1 Å². The average molecular weight is 375 g/mol. The summed E-state index contributed by atoms with van der Waals surface area (Å²) in [5.74, 6) is 0. The van der Waals surface area contributed by atoms with E-state index in [1.807, 2.05) is 20.8 Å². The maximum atomic E-state index is 5.11. The van der Waals surface area contributed by atoms with Crippen molar-refractivity contribution < 1.29 is 0 Å². The molecule has 4 rings (SSSR count). The summed E-state index contributed by atoms with van der Waals surface area (Å²) < 4.78 is 0. The summed E-state index contributed by atoms with van der Waals surface area (Å²) in [4.78, 5) is 0. The van der Waals surface area contributed by atoms with Crippen molar-refractivity contribution in [3.05, 3.63) is 70.6 Å². The van der Waals surface area contributed by atoms with Gasteiger partial charge in [0.2, 0.25) is 0 Å². The van der Waals surface area contributed by atoms with Gasteiger partial charge < -0.3 is 11.5 Å². The van der Waals surface area contributed by atoms with Gasteiger partial charge in [0.1, 0.15) is 0 Å². The normalized spacial score (nSPS) is 12.0. The molecule has 28 heavy (non-hydrogen) atoms. The van der Waals surface area contributed by atoms with E-state index >= 15 is 0 Å². The molecule has 0 saturated heterocycles. The number of aryl methyl sites for hydroxylation is 1. The number of benzene rings is 3. The Hall–Kier alpha value is -2.42. The molecule has 0 saturated carbocycles. The van der Waals surface area contributed by atoms with Gasteiger partial charge in [-0.3, -0.25) is 0 Å². The van der Waals surface area contributed by atoms with Crippen LogP contribution < -0.4 is 21.9 Å². The zero-order chi connectivity index (χ0) is 20.5. The molecule has 0 fully saturated rings. The van der Waals surface area contributed by atoms with E-state index in [1.165, 1.54) is 37.9 Å². The van der Waals surface area contributed by atoms with Gasteiger partial charge in [0.15, 0.2) is 0 Å². The van der Waals surface area contributed by atoms with E-state index in [4.69, 9.17) is 11.5 Å². The zero-order valence-electron chi connectivity index (χ0n) is 17.7. The van der Waals surface area contributed by atoms with Gasteiger partial charge in [-0.2, -0.15) is 0 Å². The van der Waals surface area contributed by atoms with Crippen molar-refractivity contribution in [3.63, 3.8) is 0 Å². The van der Waals surface area contributed by atoms with Crippen LogP contribution >= 0.6 is 0 Å². The maximum absolute atomic E-state index is 5.11. The Morgan fingerprint density at radius 1 is 0.893 bits per heavy atom. The van der Waals surface area contributed by atoms with Gasteiger partial charge in [0.25, 0.3) is 0 Å². The summed E-state index contributed by atoms with van der Waals surface area (Å²) in [5, 5.41) is 5.45. The van der Waals surface area contributed by atoms with Crippen LogP contribution in [-0.2, 0) is 0 Å². The highest BCUT2D eigenvalue weighted by atomic mass is 14.6. The third-order valence-electron chi connectivity index (χ3n) is 4.43. The molecule has 4 N–H and O–H groups in total. The van der Waals surface area contributed by atoms with Crippen molar-refractivity contribution in [2.24, 2.45) is 11.5 Å². The molecule has 0 amide bonds. The Labute approximate surface area is 169 Å². The molecule has 2 nitrogen and oxygen atoms in total. The summed E-state index contributed by atoms with van der Waals surface area (Å²) in [6.45, 7) is 8.76. The molecule has 0 unspecified atom stereocenters. The quantitative estimate of drug-likeness (QED) is 0.659. The van der Waals surface area contributed by atoms with E-state index < -0.39 is 0 Å². The van der Waals surface area contributed by atoms with E-state index in [1.54, 1.807) is 0 Å². The van der Waals surface area contributed by atoms with Crippen LogP contribution in [0.1, 0.15) is 39.2 Å². The molecule has 1 aliphatic carbocycles. The van der Waals surface area contributed by atoms with E-state index in [0.717, 1.165) is 19.4 Å². The third kappa shape index (κ3) is 5.54.